The zero-order valence-electron chi connectivity index (χ0n) is 27.8. The topological polar surface area (TPSA) is 3.24 Å². The van der Waals surface area contributed by atoms with Crippen LogP contribution in [-0.2, 0) is 0 Å². The van der Waals surface area contributed by atoms with Crippen LogP contribution in [0.4, 0.5) is 17.1 Å². The van der Waals surface area contributed by atoms with Crippen LogP contribution < -0.4 is 4.90 Å². The van der Waals surface area contributed by atoms with Gasteiger partial charge in [-0.2, -0.15) is 0 Å². The van der Waals surface area contributed by atoms with E-state index in [0.717, 1.165) is 28.2 Å². The number of hydrogen-bond acceptors (Lipinski definition) is 1. The summed E-state index contributed by atoms with van der Waals surface area (Å²) in [5.41, 5.74) is 10.6. The lowest BCUT2D eigenvalue weighted by Crippen LogP contribution is -2.10. The van der Waals surface area contributed by atoms with Crippen LogP contribution in [0.25, 0.3) is 56.6 Å². The summed E-state index contributed by atoms with van der Waals surface area (Å²) in [4.78, 5) is 2.37. The number of anilines is 3. The van der Waals surface area contributed by atoms with E-state index >= 15 is 0 Å². The Bertz CT molecular complexity index is 2330. The van der Waals surface area contributed by atoms with Gasteiger partial charge in [0.25, 0.3) is 0 Å². The number of benzene rings is 8. The van der Waals surface area contributed by atoms with Crippen molar-refractivity contribution in [2.24, 2.45) is 0 Å². The molecule has 0 saturated heterocycles. The molecule has 0 spiro atoms. The van der Waals surface area contributed by atoms with Gasteiger partial charge in [-0.15, -0.1) is 0 Å². The summed E-state index contributed by atoms with van der Waals surface area (Å²) in [6, 6.07) is 59.4. The van der Waals surface area contributed by atoms with Crippen LogP contribution in [0.1, 0.15) is 33.4 Å². The van der Waals surface area contributed by atoms with Gasteiger partial charge in [0.2, 0.25) is 0 Å². The van der Waals surface area contributed by atoms with Gasteiger partial charge in [0, 0.05) is 17.1 Å². The predicted octanol–water partition coefficient (Wildman–Crippen LogP) is 13.6. The second kappa shape index (κ2) is 13.1. The Morgan fingerprint density at radius 2 is 0.612 bits per heavy atom. The predicted molar refractivity (Wildman–Crippen MR) is 214 cm³/mol. The van der Waals surface area contributed by atoms with Crippen molar-refractivity contribution in [1.82, 2.24) is 0 Å². The highest BCUT2D eigenvalue weighted by Crippen LogP contribution is 2.41. The molecule has 0 fully saturated rings. The van der Waals surface area contributed by atoms with Crippen molar-refractivity contribution < 1.29 is 0 Å². The summed E-state index contributed by atoms with van der Waals surface area (Å²) >= 11 is 0. The molecule has 8 aromatic rings. The van der Waals surface area contributed by atoms with Gasteiger partial charge in [0.1, 0.15) is 0 Å². The molecule has 234 valence electrons. The first-order valence-electron chi connectivity index (χ1n) is 16.9. The molecule has 0 atom stereocenters. The van der Waals surface area contributed by atoms with E-state index in [1.807, 2.05) is 0 Å². The zero-order chi connectivity index (χ0) is 33.2. The quantitative estimate of drug-likeness (QED) is 0.126. The van der Waals surface area contributed by atoms with Crippen molar-refractivity contribution in [3.8, 4) is 0 Å². The van der Waals surface area contributed by atoms with E-state index in [0.29, 0.717) is 0 Å². The van der Waals surface area contributed by atoms with E-state index in [9.17, 15) is 0 Å². The Kier molecular flexibility index (Phi) is 8.09. The van der Waals surface area contributed by atoms with Crippen molar-refractivity contribution in [3.05, 3.63) is 197 Å². The molecule has 0 amide bonds. The summed E-state index contributed by atoms with van der Waals surface area (Å²) in [5, 5.41) is 7.65. The summed E-state index contributed by atoms with van der Waals surface area (Å²) in [6.07, 6.45) is 8.71. The van der Waals surface area contributed by atoms with Crippen LogP contribution >= 0.6 is 0 Å². The first-order valence-corrected chi connectivity index (χ1v) is 16.9. The third-order valence-corrected chi connectivity index (χ3v) is 9.38. The second-order valence-corrected chi connectivity index (χ2v) is 12.8. The Hall–Kier alpha value is -6.18. The molecule has 0 bridgehead atoms. The van der Waals surface area contributed by atoms with Gasteiger partial charge in [-0.25, -0.2) is 0 Å². The third kappa shape index (κ3) is 6.27. The third-order valence-electron chi connectivity index (χ3n) is 9.38. The first kappa shape index (κ1) is 30.2. The zero-order valence-corrected chi connectivity index (χ0v) is 27.8. The fraction of sp³-hybridized carbons (Fsp3) is 0.0417. The highest BCUT2D eigenvalue weighted by molar-refractivity contribution is 6.25. The maximum absolute atomic E-state index is 2.37. The number of fused-ring (bicyclic) bond motifs is 6. The van der Waals surface area contributed by atoms with Crippen LogP contribution in [0.15, 0.2) is 164 Å². The summed E-state index contributed by atoms with van der Waals surface area (Å²) < 4.78 is 0. The van der Waals surface area contributed by atoms with Crippen LogP contribution in [0, 0.1) is 13.8 Å². The molecule has 0 aliphatic carbocycles. The van der Waals surface area contributed by atoms with E-state index < -0.39 is 0 Å². The Morgan fingerprint density at radius 3 is 1.00 bits per heavy atom. The Balaban J connectivity index is 1.21. The van der Waals surface area contributed by atoms with Crippen molar-refractivity contribution in [2.45, 2.75) is 13.8 Å². The SMILES string of the molecule is Cc1ccc(/C=C/c2ccc(N(c3ccc(/C=C/c4ccc(C)cc4)cc3)c3ccc4c5ccccc5c5ccccc5c4c3)cc2)cc1. The van der Waals surface area contributed by atoms with Crippen molar-refractivity contribution >= 4 is 73.7 Å². The highest BCUT2D eigenvalue weighted by Gasteiger charge is 2.15. The maximum atomic E-state index is 2.37. The van der Waals surface area contributed by atoms with Gasteiger partial charge in [0.05, 0.1) is 0 Å². The average Bonchev–Trinajstić information content (AvgIpc) is 3.15. The van der Waals surface area contributed by atoms with Gasteiger partial charge in [-0.1, -0.05) is 163 Å². The van der Waals surface area contributed by atoms with Crippen LogP contribution in [0.3, 0.4) is 0 Å². The van der Waals surface area contributed by atoms with E-state index in [1.54, 1.807) is 0 Å². The Morgan fingerprint density at radius 1 is 0.306 bits per heavy atom. The average molecular weight is 628 g/mol. The van der Waals surface area contributed by atoms with Gasteiger partial charge in [-0.3, -0.25) is 0 Å². The van der Waals surface area contributed by atoms with Crippen LogP contribution in [-0.4, -0.2) is 0 Å². The minimum absolute atomic E-state index is 1.11. The van der Waals surface area contributed by atoms with Crippen molar-refractivity contribution in [2.75, 3.05) is 4.90 Å². The van der Waals surface area contributed by atoms with E-state index in [-0.39, 0.29) is 0 Å². The summed E-state index contributed by atoms with van der Waals surface area (Å²) in [5.74, 6) is 0. The lowest BCUT2D eigenvalue weighted by atomic mass is 9.94. The molecule has 0 heterocycles. The Labute approximate surface area is 288 Å². The normalized spacial score (nSPS) is 11.7. The number of aryl methyl sites for hydroxylation is 2. The van der Waals surface area contributed by atoms with Gasteiger partial charge in [-0.05, 0) is 105 Å². The highest BCUT2D eigenvalue weighted by atomic mass is 15.1. The fourth-order valence-corrected chi connectivity index (χ4v) is 6.69. The van der Waals surface area contributed by atoms with E-state index in [2.05, 4.69) is 207 Å². The number of nitrogens with zero attached hydrogens (tertiary/aromatic N) is 1. The van der Waals surface area contributed by atoms with Crippen LogP contribution in [0.5, 0.6) is 0 Å². The standard InChI is InChI=1S/C48H37N/c1-34-11-15-36(16-12-34)19-21-38-23-27-40(28-24-38)49(41-29-25-39(26-30-41)22-20-37-17-13-35(2)14-18-37)42-31-32-47-45-9-4-3-7-43(45)44-8-5-6-10-46(44)48(47)33-42/h3-33H,1-2H3/b21-19+,22-20+. The molecule has 0 aliphatic rings. The first-order chi connectivity index (χ1) is 24.1. The van der Waals surface area contributed by atoms with E-state index in [4.69, 9.17) is 0 Å². The lowest BCUT2D eigenvalue weighted by Gasteiger charge is -2.26. The van der Waals surface area contributed by atoms with Crippen molar-refractivity contribution in [1.29, 1.82) is 0 Å². The largest absolute Gasteiger partial charge is 0.310 e. The number of hydrogen-bond donors (Lipinski definition) is 0. The molecule has 0 saturated carbocycles. The molecule has 0 unspecified atom stereocenters. The molecule has 49 heavy (non-hydrogen) atoms. The summed E-state index contributed by atoms with van der Waals surface area (Å²) in [7, 11) is 0. The van der Waals surface area contributed by atoms with Crippen molar-refractivity contribution in [3.63, 3.8) is 0 Å². The van der Waals surface area contributed by atoms with Crippen LogP contribution in [0.2, 0.25) is 0 Å². The fourth-order valence-electron chi connectivity index (χ4n) is 6.69. The molecular formula is C48H37N. The lowest BCUT2D eigenvalue weighted by molar-refractivity contribution is 1.29. The molecule has 8 rings (SSSR count). The summed E-state index contributed by atoms with van der Waals surface area (Å²) in [6.45, 7) is 4.24. The molecule has 1 heteroatoms. The van der Waals surface area contributed by atoms with E-state index in [1.165, 1.54) is 54.6 Å². The molecule has 1 nitrogen and oxygen atoms in total. The van der Waals surface area contributed by atoms with Gasteiger partial charge >= 0.3 is 0 Å². The second-order valence-electron chi connectivity index (χ2n) is 12.8. The minimum atomic E-state index is 1.11. The molecule has 0 aliphatic heterocycles. The smallest absolute Gasteiger partial charge is 0.0468 e. The molecule has 0 N–H and O–H groups in total. The minimum Gasteiger partial charge on any atom is -0.310 e. The van der Waals surface area contributed by atoms with Gasteiger partial charge < -0.3 is 4.90 Å². The molecule has 0 radical (unpaired) electrons. The molecular weight excluding hydrogens is 591 g/mol. The maximum Gasteiger partial charge on any atom is 0.0468 e. The molecule has 8 aromatic carbocycles. The number of rotatable bonds is 7. The van der Waals surface area contributed by atoms with Gasteiger partial charge in [0.15, 0.2) is 0 Å². The molecule has 0 aromatic heterocycles. The monoisotopic (exact) mass is 627 g/mol.